The highest BCUT2D eigenvalue weighted by Gasteiger charge is 2.56. The Kier molecular flexibility index (Phi) is 4.23. The molecule has 2 aliphatic heterocycles. The lowest BCUT2D eigenvalue weighted by atomic mass is 10.0. The summed E-state index contributed by atoms with van der Waals surface area (Å²) >= 11 is 1.30. The molecule has 24 heavy (non-hydrogen) atoms. The first-order valence-electron chi connectivity index (χ1n) is 7.31. The van der Waals surface area contributed by atoms with Gasteiger partial charge in [-0.1, -0.05) is 18.2 Å². The van der Waals surface area contributed by atoms with Gasteiger partial charge in [-0.25, -0.2) is 4.79 Å². The maximum absolute atomic E-state index is 12.4. The van der Waals surface area contributed by atoms with Gasteiger partial charge in [0.05, 0.1) is 0 Å². The van der Waals surface area contributed by atoms with Crippen molar-refractivity contribution in [1.82, 2.24) is 10.2 Å². The summed E-state index contributed by atoms with van der Waals surface area (Å²) in [7, 11) is 0. The molecular formula is C16H16N2O5S. The van der Waals surface area contributed by atoms with Gasteiger partial charge in [0.15, 0.2) is 0 Å². The number of benzene rings is 1. The van der Waals surface area contributed by atoms with Crippen LogP contribution >= 0.6 is 11.8 Å². The zero-order chi connectivity index (χ0) is 17.4. The average molecular weight is 348 g/mol. The smallest absolute Gasteiger partial charge is 0.352 e. The highest BCUT2D eigenvalue weighted by Crippen LogP contribution is 2.44. The van der Waals surface area contributed by atoms with Crippen molar-refractivity contribution in [2.24, 2.45) is 0 Å². The van der Waals surface area contributed by atoms with E-state index in [1.54, 1.807) is 31.2 Å². The molecule has 2 amide bonds. The van der Waals surface area contributed by atoms with Gasteiger partial charge in [0.1, 0.15) is 22.2 Å². The first-order chi connectivity index (χ1) is 11.4. The minimum atomic E-state index is -1.19. The second kappa shape index (κ2) is 6.20. The third-order valence-electron chi connectivity index (χ3n) is 3.82. The van der Waals surface area contributed by atoms with E-state index in [-0.39, 0.29) is 11.6 Å². The van der Waals surface area contributed by atoms with Crippen molar-refractivity contribution < 1.29 is 24.2 Å². The van der Waals surface area contributed by atoms with Crippen molar-refractivity contribution in [2.45, 2.75) is 30.7 Å². The van der Waals surface area contributed by atoms with E-state index in [1.165, 1.54) is 23.6 Å². The number of nitrogens with one attached hydrogen (secondary N) is 1. The van der Waals surface area contributed by atoms with Crippen LogP contribution in [0.2, 0.25) is 0 Å². The van der Waals surface area contributed by atoms with Crippen molar-refractivity contribution in [3.05, 3.63) is 41.6 Å². The summed E-state index contributed by atoms with van der Waals surface area (Å²) in [4.78, 5) is 36.6. The summed E-state index contributed by atoms with van der Waals surface area (Å²) in [6, 6.07) is 8.87. The molecule has 0 spiro atoms. The molecule has 0 aliphatic carbocycles. The lowest BCUT2D eigenvalue weighted by Gasteiger charge is -2.50. The van der Waals surface area contributed by atoms with E-state index in [2.05, 4.69) is 5.32 Å². The quantitative estimate of drug-likeness (QED) is 0.793. The number of amides is 2. The Morgan fingerprint density at radius 2 is 1.96 bits per heavy atom. The largest absolute Gasteiger partial charge is 0.477 e. The normalized spacial score (nSPS) is 25.7. The van der Waals surface area contributed by atoms with Crippen LogP contribution in [0.4, 0.5) is 0 Å². The second-order valence-electron chi connectivity index (χ2n) is 5.50. The standard InChI is InChI=1S/C16H16N2O5S/c1-8-11(16(21)22)18-14(20)12(23-10-6-4-3-5-7-10)15(18)24-13(8)17-9(2)19/h3-7,12-13,15H,1-2H3,(H,17,19)(H,21,22)/t12-,13?,15-/m1/s1. The summed E-state index contributed by atoms with van der Waals surface area (Å²) in [5, 5.41) is 11.2. The van der Waals surface area contributed by atoms with Gasteiger partial charge in [0.25, 0.3) is 5.91 Å². The summed E-state index contributed by atoms with van der Waals surface area (Å²) in [6.07, 6.45) is -0.781. The number of β-lactam (4-membered cyclic amide) rings is 1. The topological polar surface area (TPSA) is 95.9 Å². The Morgan fingerprint density at radius 1 is 1.29 bits per heavy atom. The highest BCUT2D eigenvalue weighted by molar-refractivity contribution is 8.00. The van der Waals surface area contributed by atoms with Gasteiger partial charge in [-0.2, -0.15) is 0 Å². The van der Waals surface area contributed by atoms with E-state index in [0.29, 0.717) is 11.3 Å². The zero-order valence-electron chi connectivity index (χ0n) is 13.1. The van der Waals surface area contributed by atoms with Crippen LogP contribution in [0.1, 0.15) is 13.8 Å². The molecule has 2 N–H and O–H groups in total. The summed E-state index contributed by atoms with van der Waals surface area (Å²) in [5.41, 5.74) is 0.348. The van der Waals surface area contributed by atoms with Crippen LogP contribution < -0.4 is 10.1 Å². The number of carboxylic acids is 1. The highest BCUT2D eigenvalue weighted by atomic mass is 32.2. The molecule has 0 saturated carbocycles. The average Bonchev–Trinajstić information content (AvgIpc) is 2.54. The minimum Gasteiger partial charge on any atom is -0.477 e. The molecule has 1 aromatic carbocycles. The number of hydrogen-bond acceptors (Lipinski definition) is 5. The Morgan fingerprint density at radius 3 is 2.54 bits per heavy atom. The number of nitrogens with zero attached hydrogens (tertiary/aromatic N) is 1. The fourth-order valence-corrected chi connectivity index (χ4v) is 4.19. The third kappa shape index (κ3) is 2.73. The lowest BCUT2D eigenvalue weighted by molar-refractivity contribution is -0.157. The SMILES string of the molecule is CC(=O)NC1S[C@@H]2[C@H](Oc3ccccc3)C(=O)N2C(C(=O)O)=C1C. The number of thioether (sulfide) groups is 1. The fraction of sp³-hybridized carbons (Fsp3) is 0.312. The fourth-order valence-electron chi connectivity index (χ4n) is 2.72. The van der Waals surface area contributed by atoms with Crippen molar-refractivity contribution in [3.8, 4) is 5.75 Å². The second-order valence-corrected chi connectivity index (χ2v) is 6.73. The first-order valence-corrected chi connectivity index (χ1v) is 8.26. The molecule has 1 saturated heterocycles. The van der Waals surface area contributed by atoms with Crippen LogP contribution in [-0.2, 0) is 14.4 Å². The van der Waals surface area contributed by atoms with Crippen LogP contribution in [0.3, 0.4) is 0 Å². The molecule has 2 aliphatic rings. The van der Waals surface area contributed by atoms with E-state index >= 15 is 0 Å². The molecule has 0 bridgehead atoms. The maximum Gasteiger partial charge on any atom is 0.352 e. The van der Waals surface area contributed by atoms with Crippen LogP contribution in [-0.4, -0.2) is 44.6 Å². The number of carboxylic acid groups (broad SMARTS) is 1. The van der Waals surface area contributed by atoms with Crippen LogP contribution in [0.5, 0.6) is 5.75 Å². The molecule has 3 rings (SSSR count). The van der Waals surface area contributed by atoms with E-state index in [9.17, 15) is 19.5 Å². The number of fused-ring (bicyclic) bond motifs is 1. The van der Waals surface area contributed by atoms with Crippen molar-refractivity contribution in [2.75, 3.05) is 0 Å². The van der Waals surface area contributed by atoms with Gasteiger partial charge in [0, 0.05) is 6.92 Å². The van der Waals surface area contributed by atoms with Crippen LogP contribution in [0.25, 0.3) is 0 Å². The predicted molar refractivity (Wildman–Crippen MR) is 87.0 cm³/mol. The molecule has 7 nitrogen and oxygen atoms in total. The van der Waals surface area contributed by atoms with E-state index < -0.39 is 28.7 Å². The molecule has 2 heterocycles. The van der Waals surface area contributed by atoms with Gasteiger partial charge >= 0.3 is 5.97 Å². The number of hydrogen-bond donors (Lipinski definition) is 2. The van der Waals surface area contributed by atoms with E-state index in [4.69, 9.17) is 4.74 Å². The van der Waals surface area contributed by atoms with Crippen molar-refractivity contribution in [3.63, 3.8) is 0 Å². The summed E-state index contributed by atoms with van der Waals surface area (Å²) < 4.78 is 5.71. The molecule has 8 heteroatoms. The van der Waals surface area contributed by atoms with Crippen LogP contribution in [0.15, 0.2) is 41.6 Å². The Labute approximate surface area is 142 Å². The van der Waals surface area contributed by atoms with Gasteiger partial charge in [-0.15, -0.1) is 11.8 Å². The van der Waals surface area contributed by atoms with Crippen molar-refractivity contribution >= 4 is 29.5 Å². The minimum absolute atomic E-state index is 0.0876. The van der Waals surface area contributed by atoms with E-state index in [0.717, 1.165) is 0 Å². The molecule has 1 unspecified atom stereocenters. The van der Waals surface area contributed by atoms with Gasteiger partial charge in [-0.05, 0) is 24.6 Å². The summed E-state index contributed by atoms with van der Waals surface area (Å²) in [5.74, 6) is -1.32. The molecular weight excluding hydrogens is 332 g/mol. The Bertz CT molecular complexity index is 733. The molecule has 1 fully saturated rings. The number of para-hydroxylation sites is 1. The number of rotatable bonds is 4. The molecule has 0 aromatic heterocycles. The van der Waals surface area contributed by atoms with Crippen molar-refractivity contribution in [1.29, 1.82) is 0 Å². The number of carbonyl (C=O) groups is 3. The van der Waals surface area contributed by atoms with E-state index in [1.807, 2.05) is 6.07 Å². The Hall–Kier alpha value is -2.48. The number of carbonyl (C=O) groups excluding carboxylic acids is 2. The number of aliphatic carboxylic acids is 1. The molecule has 0 radical (unpaired) electrons. The summed E-state index contributed by atoms with van der Waals surface area (Å²) in [6.45, 7) is 2.97. The monoisotopic (exact) mass is 348 g/mol. The lowest BCUT2D eigenvalue weighted by Crippen LogP contribution is -2.68. The Balaban J connectivity index is 1.88. The predicted octanol–water partition coefficient (Wildman–Crippen LogP) is 1.17. The third-order valence-corrected chi connectivity index (χ3v) is 5.30. The van der Waals surface area contributed by atoms with Gasteiger partial charge < -0.3 is 15.2 Å². The van der Waals surface area contributed by atoms with Crippen LogP contribution in [0, 0.1) is 0 Å². The zero-order valence-corrected chi connectivity index (χ0v) is 13.9. The van der Waals surface area contributed by atoms with Gasteiger partial charge in [-0.3, -0.25) is 14.5 Å². The molecule has 1 aromatic rings. The molecule has 126 valence electrons. The van der Waals surface area contributed by atoms with Gasteiger partial charge in [0.2, 0.25) is 12.0 Å². The first kappa shape index (κ1) is 16.4. The number of ether oxygens (including phenoxy) is 1. The molecule has 3 atom stereocenters. The maximum atomic E-state index is 12.4.